The summed E-state index contributed by atoms with van der Waals surface area (Å²) < 4.78 is 12.2. The number of aromatic nitrogens is 2. The molecule has 0 saturated heterocycles. The van der Waals surface area contributed by atoms with Gasteiger partial charge in [0.15, 0.2) is 5.16 Å². The number of thioether (sulfide) groups is 1. The highest BCUT2D eigenvalue weighted by molar-refractivity contribution is 7.98. The summed E-state index contributed by atoms with van der Waals surface area (Å²) in [6, 6.07) is 9.73. The lowest BCUT2D eigenvalue weighted by atomic mass is 10.1. The molecule has 124 valence electrons. The molecule has 0 fully saturated rings. The lowest BCUT2D eigenvalue weighted by Crippen LogP contribution is -1.98. The molecule has 0 spiro atoms. The quantitative estimate of drug-likeness (QED) is 0.515. The monoisotopic (exact) mass is 342 g/mol. The summed E-state index contributed by atoms with van der Waals surface area (Å²) in [5.41, 5.74) is 3.58. The number of carbonyl (C=O) groups is 1. The van der Waals surface area contributed by atoms with E-state index in [2.05, 4.69) is 41.8 Å². The van der Waals surface area contributed by atoms with E-state index in [9.17, 15) is 4.79 Å². The van der Waals surface area contributed by atoms with E-state index in [0.717, 1.165) is 10.8 Å². The van der Waals surface area contributed by atoms with Gasteiger partial charge in [-0.1, -0.05) is 17.8 Å². The summed E-state index contributed by atoms with van der Waals surface area (Å²) in [5.74, 6) is 1.03. The maximum absolute atomic E-state index is 11.4. The second kappa shape index (κ2) is 6.97. The Balaban J connectivity index is 1.75. The van der Waals surface area contributed by atoms with Gasteiger partial charge in [0, 0.05) is 18.1 Å². The van der Waals surface area contributed by atoms with E-state index >= 15 is 0 Å². The molecule has 0 aliphatic rings. The highest BCUT2D eigenvalue weighted by Gasteiger charge is 2.13. The fourth-order valence-electron chi connectivity index (χ4n) is 2.27. The van der Waals surface area contributed by atoms with Crippen molar-refractivity contribution in [1.82, 2.24) is 9.55 Å². The van der Waals surface area contributed by atoms with Crippen molar-refractivity contribution in [2.75, 3.05) is 7.11 Å². The van der Waals surface area contributed by atoms with Crippen LogP contribution in [0.3, 0.4) is 0 Å². The average Bonchev–Trinajstić information content (AvgIpc) is 3.23. The molecule has 0 atom stereocenters. The van der Waals surface area contributed by atoms with Gasteiger partial charge in [0.2, 0.25) is 5.76 Å². The van der Waals surface area contributed by atoms with E-state index in [1.807, 2.05) is 10.8 Å². The Morgan fingerprint density at radius 1 is 1.25 bits per heavy atom. The number of benzene rings is 1. The van der Waals surface area contributed by atoms with Crippen molar-refractivity contribution in [2.45, 2.75) is 24.8 Å². The number of esters is 1. The van der Waals surface area contributed by atoms with Crippen molar-refractivity contribution >= 4 is 17.7 Å². The van der Waals surface area contributed by atoms with Crippen LogP contribution in [0, 0.1) is 13.8 Å². The topological polar surface area (TPSA) is 57.3 Å². The number of methoxy groups -OCH3 is 1. The molecular formula is C18H18N2O3S. The van der Waals surface area contributed by atoms with Crippen LogP contribution < -0.4 is 0 Å². The van der Waals surface area contributed by atoms with Crippen LogP contribution in [0.15, 0.2) is 52.3 Å². The van der Waals surface area contributed by atoms with Gasteiger partial charge in [-0.05, 0) is 49.2 Å². The molecule has 0 bridgehead atoms. The molecule has 0 N–H and O–H groups in total. The van der Waals surface area contributed by atoms with Crippen LogP contribution in [-0.4, -0.2) is 22.6 Å². The summed E-state index contributed by atoms with van der Waals surface area (Å²) in [5, 5.41) is 0.870. The van der Waals surface area contributed by atoms with E-state index < -0.39 is 5.97 Å². The maximum Gasteiger partial charge on any atom is 0.373 e. The van der Waals surface area contributed by atoms with Gasteiger partial charge >= 0.3 is 5.97 Å². The molecule has 0 aliphatic heterocycles. The third-order valence-corrected chi connectivity index (χ3v) is 4.76. The number of hydrogen-bond acceptors (Lipinski definition) is 5. The largest absolute Gasteiger partial charge is 0.463 e. The zero-order valence-corrected chi connectivity index (χ0v) is 14.6. The molecule has 3 aromatic rings. The third kappa shape index (κ3) is 3.38. The summed E-state index contributed by atoms with van der Waals surface area (Å²) >= 11 is 1.55. The van der Waals surface area contributed by atoms with Gasteiger partial charge in [-0.15, -0.1) is 0 Å². The van der Waals surface area contributed by atoms with Crippen LogP contribution in [0.5, 0.6) is 0 Å². The molecule has 2 aromatic heterocycles. The Kier molecular flexibility index (Phi) is 4.76. The Morgan fingerprint density at radius 2 is 2.08 bits per heavy atom. The van der Waals surface area contributed by atoms with Crippen molar-refractivity contribution in [1.29, 1.82) is 0 Å². The van der Waals surface area contributed by atoms with Gasteiger partial charge in [-0.25, -0.2) is 9.78 Å². The predicted molar refractivity (Wildman–Crippen MR) is 92.6 cm³/mol. The van der Waals surface area contributed by atoms with Crippen molar-refractivity contribution in [3.05, 3.63) is 65.4 Å². The Morgan fingerprint density at radius 3 is 2.83 bits per heavy atom. The molecule has 3 rings (SSSR count). The predicted octanol–water partition coefficient (Wildman–Crippen LogP) is 4.16. The molecule has 5 nitrogen and oxygen atoms in total. The molecule has 0 unspecified atom stereocenters. The van der Waals surface area contributed by atoms with E-state index in [1.165, 1.54) is 18.2 Å². The Labute approximate surface area is 144 Å². The number of furan rings is 1. The van der Waals surface area contributed by atoms with E-state index in [1.54, 1.807) is 30.1 Å². The van der Waals surface area contributed by atoms with Crippen molar-refractivity contribution < 1.29 is 13.9 Å². The van der Waals surface area contributed by atoms with Crippen LogP contribution in [-0.2, 0) is 10.5 Å². The number of carbonyl (C=O) groups excluding carboxylic acids is 1. The summed E-state index contributed by atoms with van der Waals surface area (Å²) in [6.45, 7) is 4.19. The average molecular weight is 342 g/mol. The van der Waals surface area contributed by atoms with Crippen molar-refractivity contribution in [3.8, 4) is 5.69 Å². The van der Waals surface area contributed by atoms with Gasteiger partial charge < -0.3 is 9.15 Å². The number of ether oxygens (including phenoxy) is 1. The van der Waals surface area contributed by atoms with Gasteiger partial charge in [0.1, 0.15) is 5.76 Å². The van der Waals surface area contributed by atoms with Crippen LogP contribution in [0.4, 0.5) is 0 Å². The van der Waals surface area contributed by atoms with Crippen molar-refractivity contribution in [2.24, 2.45) is 0 Å². The Hall–Kier alpha value is -2.47. The first-order valence-electron chi connectivity index (χ1n) is 7.49. The molecule has 1 aromatic carbocycles. The van der Waals surface area contributed by atoms with Gasteiger partial charge in [-0.2, -0.15) is 0 Å². The van der Waals surface area contributed by atoms with Crippen LogP contribution in [0.25, 0.3) is 5.69 Å². The minimum absolute atomic E-state index is 0.214. The lowest BCUT2D eigenvalue weighted by Gasteiger charge is -2.09. The second-order valence-electron chi connectivity index (χ2n) is 5.39. The standard InChI is InChI=1S/C18H18N2O3S/c1-12-4-5-14(10-13(12)2)20-9-8-19-18(20)24-11-15-6-7-16(23-15)17(21)22-3/h4-10H,11H2,1-3H3. The summed E-state index contributed by atoms with van der Waals surface area (Å²) in [4.78, 5) is 15.8. The summed E-state index contributed by atoms with van der Waals surface area (Å²) in [6.07, 6.45) is 3.72. The smallest absolute Gasteiger partial charge is 0.373 e. The molecule has 0 saturated carbocycles. The highest BCUT2D eigenvalue weighted by atomic mass is 32.2. The second-order valence-corrected chi connectivity index (χ2v) is 6.34. The van der Waals surface area contributed by atoms with Gasteiger partial charge in [0.05, 0.1) is 12.9 Å². The normalized spacial score (nSPS) is 10.8. The van der Waals surface area contributed by atoms with Gasteiger partial charge in [0.25, 0.3) is 0 Å². The fourth-order valence-corrected chi connectivity index (χ4v) is 3.14. The minimum atomic E-state index is -0.470. The first-order chi connectivity index (χ1) is 11.6. The molecular weight excluding hydrogens is 324 g/mol. The van der Waals surface area contributed by atoms with E-state index in [-0.39, 0.29) is 5.76 Å². The lowest BCUT2D eigenvalue weighted by molar-refractivity contribution is 0.0563. The zero-order chi connectivity index (χ0) is 17.1. The van der Waals surface area contributed by atoms with Gasteiger partial charge in [-0.3, -0.25) is 4.57 Å². The number of rotatable bonds is 5. The van der Waals surface area contributed by atoms with Crippen LogP contribution in [0.1, 0.15) is 27.4 Å². The van der Waals surface area contributed by atoms with E-state index in [4.69, 9.17) is 4.42 Å². The number of imidazole rings is 1. The first kappa shape index (κ1) is 16.4. The molecule has 6 heteroatoms. The summed E-state index contributed by atoms with van der Waals surface area (Å²) in [7, 11) is 1.33. The SMILES string of the molecule is COC(=O)c1ccc(CSc2nccn2-c2ccc(C)c(C)c2)o1. The fraction of sp³-hybridized carbons (Fsp3) is 0.222. The molecule has 0 amide bonds. The minimum Gasteiger partial charge on any atom is -0.463 e. The highest BCUT2D eigenvalue weighted by Crippen LogP contribution is 2.26. The van der Waals surface area contributed by atoms with E-state index in [0.29, 0.717) is 11.5 Å². The molecule has 0 radical (unpaired) electrons. The number of nitrogens with zero attached hydrogens (tertiary/aromatic N) is 2. The zero-order valence-electron chi connectivity index (χ0n) is 13.8. The van der Waals surface area contributed by atoms with Crippen LogP contribution >= 0.6 is 11.8 Å². The maximum atomic E-state index is 11.4. The number of hydrogen-bond donors (Lipinski definition) is 0. The first-order valence-corrected chi connectivity index (χ1v) is 8.48. The third-order valence-electron chi connectivity index (χ3n) is 3.77. The molecule has 0 aliphatic carbocycles. The molecule has 24 heavy (non-hydrogen) atoms. The number of aryl methyl sites for hydroxylation is 2. The molecule has 2 heterocycles. The Bertz CT molecular complexity index is 867. The van der Waals surface area contributed by atoms with Crippen molar-refractivity contribution in [3.63, 3.8) is 0 Å². The van der Waals surface area contributed by atoms with Crippen LogP contribution in [0.2, 0.25) is 0 Å².